The van der Waals surface area contributed by atoms with E-state index in [1.165, 1.54) is 25.7 Å². The molecule has 0 bridgehead atoms. The Morgan fingerprint density at radius 2 is 2.04 bits per heavy atom. The molecule has 3 heterocycles. The summed E-state index contributed by atoms with van der Waals surface area (Å²) in [5, 5.41) is 7.61. The van der Waals surface area contributed by atoms with Crippen molar-refractivity contribution < 1.29 is 4.79 Å². The lowest BCUT2D eigenvalue weighted by molar-refractivity contribution is 0.0784. The third kappa shape index (κ3) is 2.36. The molecule has 2 N–H and O–H groups in total. The zero-order valence-corrected chi connectivity index (χ0v) is 14.0. The molecule has 2 aromatic heterocycles. The second kappa shape index (κ2) is 5.19. The van der Waals surface area contributed by atoms with E-state index in [0.717, 1.165) is 41.8 Å². The number of H-pyrrole nitrogens is 2. The quantitative estimate of drug-likeness (QED) is 0.907. The van der Waals surface area contributed by atoms with E-state index in [1.54, 1.807) is 0 Å². The molecule has 24 heavy (non-hydrogen) atoms. The molecule has 5 rings (SSSR count). The molecule has 0 radical (unpaired) electrons. The maximum absolute atomic E-state index is 12.9. The van der Waals surface area contributed by atoms with E-state index in [1.807, 2.05) is 24.2 Å². The van der Waals surface area contributed by atoms with Gasteiger partial charge in [0.05, 0.1) is 5.56 Å². The maximum Gasteiger partial charge on any atom is 0.255 e. The van der Waals surface area contributed by atoms with Crippen LogP contribution in [0.4, 0.5) is 0 Å². The van der Waals surface area contributed by atoms with Gasteiger partial charge in [-0.25, -0.2) is 4.98 Å². The van der Waals surface area contributed by atoms with Crippen molar-refractivity contribution in [1.82, 2.24) is 25.1 Å². The van der Waals surface area contributed by atoms with Crippen LogP contribution in [0.3, 0.4) is 0 Å². The van der Waals surface area contributed by atoms with Gasteiger partial charge >= 0.3 is 0 Å². The minimum absolute atomic E-state index is 0.142. The molecule has 2 saturated carbocycles. The standard InChI is InChI=1S/C18H23N5O/c1-10-6-19-7-13(10)18(24)23-8-14(11-2-3-11)15(9-23)17-20-16(21-22-17)12-4-5-12/h6-7,11-12,14-15,19H,2-5,8-9H2,1H3,(H,20,21,22)/t14-,15+/m1/s1. The summed E-state index contributed by atoms with van der Waals surface area (Å²) >= 11 is 0. The molecular formula is C18H23N5O. The summed E-state index contributed by atoms with van der Waals surface area (Å²) in [5.41, 5.74) is 1.81. The van der Waals surface area contributed by atoms with Crippen molar-refractivity contribution in [2.75, 3.05) is 13.1 Å². The molecule has 126 valence electrons. The molecule has 6 heteroatoms. The third-order valence-electron chi connectivity index (χ3n) is 5.88. The van der Waals surface area contributed by atoms with Gasteiger partial charge in [-0.2, -0.15) is 5.10 Å². The Balaban J connectivity index is 1.39. The molecule has 0 aromatic carbocycles. The van der Waals surface area contributed by atoms with Crippen molar-refractivity contribution in [1.29, 1.82) is 0 Å². The molecule has 1 aliphatic heterocycles. The van der Waals surface area contributed by atoms with Gasteiger partial charge in [0.1, 0.15) is 5.82 Å². The number of hydrogen-bond donors (Lipinski definition) is 2. The fourth-order valence-electron chi connectivity index (χ4n) is 4.11. The molecule has 0 spiro atoms. The van der Waals surface area contributed by atoms with Crippen LogP contribution < -0.4 is 0 Å². The molecule has 2 atom stereocenters. The Bertz CT molecular complexity index is 770. The van der Waals surface area contributed by atoms with E-state index >= 15 is 0 Å². The molecule has 3 fully saturated rings. The number of carbonyl (C=O) groups excluding carboxylic acids is 1. The lowest BCUT2D eigenvalue weighted by Crippen LogP contribution is -2.29. The van der Waals surface area contributed by atoms with E-state index in [-0.39, 0.29) is 5.91 Å². The van der Waals surface area contributed by atoms with Gasteiger partial charge in [-0.1, -0.05) is 0 Å². The van der Waals surface area contributed by atoms with E-state index in [0.29, 0.717) is 17.8 Å². The van der Waals surface area contributed by atoms with Crippen molar-refractivity contribution >= 4 is 5.91 Å². The van der Waals surface area contributed by atoms with Gasteiger partial charge in [-0.15, -0.1) is 0 Å². The van der Waals surface area contributed by atoms with E-state index in [4.69, 9.17) is 4.98 Å². The maximum atomic E-state index is 12.9. The number of nitrogens with one attached hydrogen (secondary N) is 2. The number of hydrogen-bond acceptors (Lipinski definition) is 3. The Morgan fingerprint density at radius 1 is 1.21 bits per heavy atom. The van der Waals surface area contributed by atoms with Crippen LogP contribution in [-0.2, 0) is 0 Å². The lowest BCUT2D eigenvalue weighted by atomic mass is 9.91. The topological polar surface area (TPSA) is 77.7 Å². The highest BCUT2D eigenvalue weighted by molar-refractivity contribution is 5.95. The summed E-state index contributed by atoms with van der Waals surface area (Å²) in [6.07, 6.45) is 8.71. The number of aryl methyl sites for hydroxylation is 1. The summed E-state index contributed by atoms with van der Waals surface area (Å²) in [4.78, 5) is 22.7. The summed E-state index contributed by atoms with van der Waals surface area (Å²) < 4.78 is 0. The summed E-state index contributed by atoms with van der Waals surface area (Å²) in [6.45, 7) is 3.58. The molecule has 1 saturated heterocycles. The van der Waals surface area contributed by atoms with E-state index < -0.39 is 0 Å². The number of aromatic nitrogens is 4. The number of rotatable bonds is 4. The van der Waals surface area contributed by atoms with Crippen LogP contribution in [0.1, 0.15) is 65.1 Å². The predicted molar refractivity (Wildman–Crippen MR) is 88.7 cm³/mol. The van der Waals surface area contributed by atoms with Gasteiger partial charge in [0.2, 0.25) is 0 Å². The highest BCUT2D eigenvalue weighted by Crippen LogP contribution is 2.47. The van der Waals surface area contributed by atoms with Gasteiger partial charge in [-0.05, 0) is 50.0 Å². The predicted octanol–water partition coefficient (Wildman–Crippen LogP) is 2.58. The summed E-state index contributed by atoms with van der Waals surface area (Å²) in [7, 11) is 0. The molecule has 2 aromatic rings. The zero-order valence-electron chi connectivity index (χ0n) is 14.0. The lowest BCUT2D eigenvalue weighted by Gasteiger charge is -2.16. The second-order valence-electron chi connectivity index (χ2n) is 7.72. The Kier molecular flexibility index (Phi) is 3.08. The first kappa shape index (κ1) is 14.3. The van der Waals surface area contributed by atoms with Gasteiger partial charge < -0.3 is 9.88 Å². The SMILES string of the molecule is Cc1c[nH]cc1C(=O)N1C[C@H](c2nc(C3CC3)n[nH]2)[C@@H](C2CC2)C1. The fourth-order valence-corrected chi connectivity index (χ4v) is 4.11. The Labute approximate surface area is 141 Å². The van der Waals surface area contributed by atoms with Gasteiger partial charge in [-0.3, -0.25) is 9.89 Å². The minimum atomic E-state index is 0.142. The van der Waals surface area contributed by atoms with Crippen LogP contribution in [-0.4, -0.2) is 44.1 Å². The highest BCUT2D eigenvalue weighted by atomic mass is 16.2. The van der Waals surface area contributed by atoms with Crippen molar-refractivity contribution in [2.24, 2.45) is 11.8 Å². The van der Waals surface area contributed by atoms with E-state index in [9.17, 15) is 4.79 Å². The third-order valence-corrected chi connectivity index (χ3v) is 5.88. The fraction of sp³-hybridized carbons (Fsp3) is 0.611. The number of carbonyl (C=O) groups is 1. The average Bonchev–Trinajstić information content (AvgIpc) is 3.48. The number of aromatic amines is 2. The molecule has 1 amide bonds. The van der Waals surface area contributed by atoms with Gasteiger partial charge in [0, 0.05) is 37.3 Å². The molecule has 2 aliphatic carbocycles. The number of nitrogens with zero attached hydrogens (tertiary/aromatic N) is 3. The number of likely N-dealkylation sites (tertiary alicyclic amines) is 1. The van der Waals surface area contributed by atoms with Crippen LogP contribution in [0.15, 0.2) is 12.4 Å². The van der Waals surface area contributed by atoms with Crippen LogP contribution in [0.2, 0.25) is 0 Å². The van der Waals surface area contributed by atoms with Crippen LogP contribution in [0.5, 0.6) is 0 Å². The van der Waals surface area contributed by atoms with Gasteiger partial charge in [0.15, 0.2) is 5.82 Å². The molecular weight excluding hydrogens is 302 g/mol. The van der Waals surface area contributed by atoms with Crippen molar-refractivity contribution in [3.8, 4) is 0 Å². The Hall–Kier alpha value is -2.11. The Morgan fingerprint density at radius 3 is 2.71 bits per heavy atom. The van der Waals surface area contributed by atoms with Crippen molar-refractivity contribution in [3.05, 3.63) is 35.2 Å². The first-order valence-electron chi connectivity index (χ1n) is 9.05. The second-order valence-corrected chi connectivity index (χ2v) is 7.72. The van der Waals surface area contributed by atoms with E-state index in [2.05, 4.69) is 15.2 Å². The molecule has 0 unspecified atom stereocenters. The van der Waals surface area contributed by atoms with Crippen LogP contribution >= 0.6 is 0 Å². The summed E-state index contributed by atoms with van der Waals surface area (Å²) in [6, 6.07) is 0. The number of amides is 1. The van der Waals surface area contributed by atoms with Crippen LogP contribution in [0, 0.1) is 18.8 Å². The first-order valence-corrected chi connectivity index (χ1v) is 9.05. The highest BCUT2D eigenvalue weighted by Gasteiger charge is 2.46. The molecule has 6 nitrogen and oxygen atoms in total. The average molecular weight is 325 g/mol. The molecule has 3 aliphatic rings. The monoisotopic (exact) mass is 325 g/mol. The largest absolute Gasteiger partial charge is 0.367 e. The first-order chi connectivity index (χ1) is 11.7. The van der Waals surface area contributed by atoms with Gasteiger partial charge in [0.25, 0.3) is 5.91 Å². The van der Waals surface area contributed by atoms with Crippen LogP contribution in [0.25, 0.3) is 0 Å². The van der Waals surface area contributed by atoms with Crippen molar-refractivity contribution in [2.45, 2.75) is 44.4 Å². The smallest absolute Gasteiger partial charge is 0.255 e. The zero-order chi connectivity index (χ0) is 16.3. The summed E-state index contributed by atoms with van der Waals surface area (Å²) in [5.74, 6) is 4.25. The minimum Gasteiger partial charge on any atom is -0.367 e. The van der Waals surface area contributed by atoms with Crippen molar-refractivity contribution in [3.63, 3.8) is 0 Å². The normalized spacial score (nSPS) is 27.0.